The van der Waals surface area contributed by atoms with Gasteiger partial charge in [-0.15, -0.1) is 0 Å². The van der Waals surface area contributed by atoms with Crippen molar-refractivity contribution in [2.75, 3.05) is 0 Å². The average Bonchev–Trinajstić information content (AvgIpc) is 2.26. The van der Waals surface area contributed by atoms with Gasteiger partial charge in [0.25, 0.3) is 0 Å². The van der Waals surface area contributed by atoms with E-state index in [1.807, 2.05) is 0 Å². The van der Waals surface area contributed by atoms with Crippen LogP contribution in [0, 0.1) is 0 Å². The largest absolute Gasteiger partial charge is 0.481 e. The molecule has 0 heterocycles. The molecule has 3 N–H and O–H groups in total. The topological polar surface area (TPSA) is 165 Å². The van der Waals surface area contributed by atoms with Crippen LogP contribution >= 0.6 is 8.69 Å². The Morgan fingerprint density at radius 2 is 1.42 bits per heavy atom. The van der Waals surface area contributed by atoms with Crippen LogP contribution in [-0.4, -0.2) is 51.4 Å². The lowest BCUT2D eigenvalue weighted by molar-refractivity contribution is -0.172. The summed E-state index contributed by atoms with van der Waals surface area (Å²) in [4.78, 5) is 42.7. The van der Waals surface area contributed by atoms with E-state index in [0.717, 1.165) is 0 Å². The van der Waals surface area contributed by atoms with Crippen molar-refractivity contribution >= 4 is 32.6 Å². The van der Waals surface area contributed by atoms with Gasteiger partial charge in [0.15, 0.2) is 6.10 Å². The highest BCUT2D eigenvalue weighted by atomic mass is 31.1. The van der Waals surface area contributed by atoms with Gasteiger partial charge in [0.1, 0.15) is 0 Å². The van der Waals surface area contributed by atoms with Crippen molar-refractivity contribution in [3.05, 3.63) is 0 Å². The van der Waals surface area contributed by atoms with Crippen molar-refractivity contribution in [1.29, 1.82) is 0 Å². The average molecular weight is 296 g/mol. The number of rotatable bonds is 9. The molecule has 0 aromatic rings. The van der Waals surface area contributed by atoms with E-state index in [4.69, 9.17) is 15.3 Å². The molecule has 0 rings (SSSR count). The van der Waals surface area contributed by atoms with Gasteiger partial charge in [0.2, 0.25) is 6.10 Å². The first-order valence-electron chi connectivity index (χ1n) is 4.63. The minimum Gasteiger partial charge on any atom is -0.481 e. The lowest BCUT2D eigenvalue weighted by Crippen LogP contribution is -2.35. The second-order valence-electron chi connectivity index (χ2n) is 3.13. The van der Waals surface area contributed by atoms with Crippen LogP contribution in [0.3, 0.4) is 0 Å². The van der Waals surface area contributed by atoms with Crippen LogP contribution in [0.2, 0.25) is 0 Å². The smallest absolute Gasteiger partial charge is 0.345 e. The van der Waals surface area contributed by atoms with Gasteiger partial charge in [0.05, 0.1) is 12.8 Å². The van der Waals surface area contributed by atoms with Crippen molar-refractivity contribution in [2.24, 2.45) is 0 Å². The Morgan fingerprint density at radius 3 is 1.79 bits per heavy atom. The number of aliphatic carboxylic acids is 3. The monoisotopic (exact) mass is 296 g/mol. The summed E-state index contributed by atoms with van der Waals surface area (Å²) in [7, 11) is -1.00. The van der Waals surface area contributed by atoms with Crippen LogP contribution in [0.4, 0.5) is 0 Å². The highest BCUT2D eigenvalue weighted by Crippen LogP contribution is 2.12. The molecule has 0 aliphatic rings. The van der Waals surface area contributed by atoms with Crippen LogP contribution in [-0.2, 0) is 33.0 Å². The molecular weight excluding hydrogens is 287 g/mol. The molecule has 19 heavy (non-hydrogen) atoms. The predicted molar refractivity (Wildman–Crippen MR) is 54.5 cm³/mol. The van der Waals surface area contributed by atoms with E-state index in [0.29, 0.717) is 0 Å². The first-order chi connectivity index (χ1) is 8.77. The van der Waals surface area contributed by atoms with Crippen molar-refractivity contribution in [2.45, 2.75) is 25.0 Å². The fourth-order valence-electron chi connectivity index (χ4n) is 0.928. The third kappa shape index (κ3) is 7.06. The van der Waals surface area contributed by atoms with Gasteiger partial charge < -0.3 is 20.1 Å². The third-order valence-corrected chi connectivity index (χ3v) is 2.03. The minimum atomic E-state index is -1.99. The first-order valence-corrected chi connectivity index (χ1v) is 5.36. The molecular formula is C8H9O10P. The molecule has 0 bridgehead atoms. The summed E-state index contributed by atoms with van der Waals surface area (Å²) in [5.41, 5.74) is 0. The third-order valence-electron chi connectivity index (χ3n) is 1.69. The maximum atomic E-state index is 11.4. The zero-order chi connectivity index (χ0) is 15.0. The Hall–Kier alpha value is -2.06. The van der Waals surface area contributed by atoms with Crippen LogP contribution in [0.5, 0.6) is 0 Å². The minimum absolute atomic E-state index is 0.909. The van der Waals surface area contributed by atoms with E-state index in [-0.39, 0.29) is 0 Å². The molecule has 0 fully saturated rings. The number of carbonyl (C=O) groups excluding carboxylic acids is 1. The van der Waals surface area contributed by atoms with Gasteiger partial charge in [0, 0.05) is 0 Å². The molecule has 10 nitrogen and oxygen atoms in total. The van der Waals surface area contributed by atoms with Crippen LogP contribution in [0.15, 0.2) is 0 Å². The maximum absolute atomic E-state index is 11.4. The summed E-state index contributed by atoms with van der Waals surface area (Å²) in [6.45, 7) is 0. The molecule has 0 radical (unpaired) electrons. The number of carboxylic acid groups (broad SMARTS) is 3. The fourth-order valence-corrected chi connectivity index (χ4v) is 1.19. The highest BCUT2D eigenvalue weighted by molar-refractivity contribution is 7.17. The maximum Gasteiger partial charge on any atom is 0.345 e. The molecule has 11 heteroatoms. The van der Waals surface area contributed by atoms with Crippen LogP contribution in [0.1, 0.15) is 12.8 Å². The highest BCUT2D eigenvalue weighted by Gasteiger charge is 2.31. The van der Waals surface area contributed by atoms with Gasteiger partial charge in [-0.1, -0.05) is 0 Å². The molecule has 2 unspecified atom stereocenters. The van der Waals surface area contributed by atoms with Gasteiger partial charge in [-0.3, -0.25) is 14.1 Å². The summed E-state index contributed by atoms with van der Waals surface area (Å²) < 4.78 is 18.7. The molecule has 0 saturated carbocycles. The number of carbonyl (C=O) groups is 4. The molecule has 106 valence electrons. The number of ether oxygens (including phenoxy) is 1. The molecule has 0 amide bonds. The lowest BCUT2D eigenvalue weighted by Gasteiger charge is -2.15. The zero-order valence-electron chi connectivity index (χ0n) is 9.22. The Morgan fingerprint density at radius 1 is 0.947 bits per heavy atom. The van der Waals surface area contributed by atoms with E-state index >= 15 is 0 Å². The van der Waals surface area contributed by atoms with Crippen molar-refractivity contribution in [1.82, 2.24) is 0 Å². The summed E-state index contributed by atoms with van der Waals surface area (Å²) in [5.74, 6) is -6.16. The SMILES string of the molecule is O=POC(CC(=O)O)C(=O)OC(CC(=O)O)C(=O)O. The normalized spacial score (nSPS) is 13.5. The molecule has 2 atom stereocenters. The molecule has 0 saturated heterocycles. The van der Waals surface area contributed by atoms with Crippen molar-refractivity contribution in [3.8, 4) is 0 Å². The van der Waals surface area contributed by atoms with E-state index in [2.05, 4.69) is 9.26 Å². The molecule has 0 aliphatic carbocycles. The van der Waals surface area contributed by atoms with Crippen molar-refractivity contribution < 1.29 is 48.3 Å². The Kier molecular flexibility index (Phi) is 7.23. The molecule has 0 aliphatic heterocycles. The molecule has 0 aromatic carbocycles. The summed E-state index contributed by atoms with van der Waals surface area (Å²) in [6, 6.07) is 0. The quantitative estimate of drug-likeness (QED) is 0.373. The predicted octanol–water partition coefficient (Wildman–Crippen LogP) is -0.476. The van der Waals surface area contributed by atoms with Crippen LogP contribution in [0.25, 0.3) is 0 Å². The van der Waals surface area contributed by atoms with Crippen LogP contribution < -0.4 is 0 Å². The van der Waals surface area contributed by atoms with Gasteiger partial charge in [-0.2, -0.15) is 0 Å². The first kappa shape index (κ1) is 16.9. The Balaban J connectivity index is 4.73. The number of esters is 1. The van der Waals surface area contributed by atoms with E-state index in [1.165, 1.54) is 0 Å². The Labute approximate surface area is 107 Å². The fraction of sp³-hybridized carbons (Fsp3) is 0.500. The standard InChI is InChI=1S/C8H9O10P/c9-5(10)1-3(7(13)14)17-8(15)4(18-19-16)2-6(11)12/h3-4H,1-2H2,(H,9,10)(H,11,12)(H,13,14). The van der Waals surface area contributed by atoms with Gasteiger partial charge in [-0.05, 0) is 0 Å². The van der Waals surface area contributed by atoms with Crippen molar-refractivity contribution in [3.63, 3.8) is 0 Å². The van der Waals surface area contributed by atoms with E-state index in [1.54, 1.807) is 0 Å². The summed E-state index contributed by atoms with van der Waals surface area (Å²) >= 11 is 0. The van der Waals surface area contributed by atoms with Gasteiger partial charge in [-0.25, -0.2) is 14.2 Å². The Bertz CT molecular complexity index is 391. The second-order valence-corrected chi connectivity index (χ2v) is 3.49. The van der Waals surface area contributed by atoms with E-state index in [9.17, 15) is 23.7 Å². The summed E-state index contributed by atoms with van der Waals surface area (Å²) in [5, 5.41) is 25.4. The zero-order valence-corrected chi connectivity index (χ0v) is 10.1. The second kappa shape index (κ2) is 8.11. The number of hydrogen-bond donors (Lipinski definition) is 3. The molecule has 0 aromatic heterocycles. The number of hydrogen-bond acceptors (Lipinski definition) is 7. The van der Waals surface area contributed by atoms with Gasteiger partial charge >= 0.3 is 32.6 Å². The number of carboxylic acids is 3. The summed E-state index contributed by atoms with van der Waals surface area (Å²) in [6.07, 6.45) is -5.70. The molecule has 0 spiro atoms. The van der Waals surface area contributed by atoms with E-state index < -0.39 is 57.6 Å². The lowest BCUT2D eigenvalue weighted by atomic mass is 10.2.